The number of anilines is 1. The second-order valence-corrected chi connectivity index (χ2v) is 8.97. The van der Waals surface area contributed by atoms with Crippen molar-refractivity contribution in [3.05, 3.63) is 54.0 Å². The van der Waals surface area contributed by atoms with Gasteiger partial charge in [0.05, 0.1) is 16.9 Å². The van der Waals surface area contributed by atoms with E-state index in [0.717, 1.165) is 53.3 Å². The van der Waals surface area contributed by atoms with Crippen LogP contribution in [-0.2, 0) is 20.6 Å². The van der Waals surface area contributed by atoms with E-state index in [1.807, 2.05) is 47.9 Å². The van der Waals surface area contributed by atoms with Crippen LogP contribution in [0.4, 0.5) is 5.82 Å². The quantitative estimate of drug-likeness (QED) is 0.541. The lowest BCUT2D eigenvalue weighted by molar-refractivity contribution is 0.288. The predicted octanol–water partition coefficient (Wildman–Crippen LogP) is 2.61. The largest absolute Gasteiger partial charge is 0.365 e. The molecule has 8 heteroatoms. The number of hydrogen-bond acceptors (Lipinski definition) is 6. The highest BCUT2D eigenvalue weighted by Gasteiger charge is 2.55. The first-order valence-corrected chi connectivity index (χ1v) is 10.8. The van der Waals surface area contributed by atoms with Gasteiger partial charge in [0.15, 0.2) is 0 Å². The second kappa shape index (κ2) is 6.88. The molecule has 1 saturated carbocycles. The van der Waals surface area contributed by atoms with Crippen LogP contribution in [-0.4, -0.2) is 53.8 Å². The standard InChI is InChI=1S/C23H26N8/c1-14-8-17(27-30(14)3)11-31-12-18-19(13-31)23(18)24-22-7-6-20(25-26-22)15-4-5-21-16(9-15)10-29(2)28-21/h4-10,18-19,23H,11-13H2,1-3H3,(H,24,26). The van der Waals surface area contributed by atoms with Crippen LogP contribution in [0.25, 0.3) is 22.2 Å². The summed E-state index contributed by atoms with van der Waals surface area (Å²) >= 11 is 0. The van der Waals surface area contributed by atoms with Gasteiger partial charge >= 0.3 is 0 Å². The van der Waals surface area contributed by atoms with Crippen LogP contribution < -0.4 is 5.32 Å². The Hall–Kier alpha value is -3.26. The molecule has 0 amide bonds. The average molecular weight is 415 g/mol. The lowest BCUT2D eigenvalue weighted by Gasteiger charge is -2.18. The van der Waals surface area contributed by atoms with E-state index in [0.29, 0.717) is 17.9 Å². The van der Waals surface area contributed by atoms with Crippen molar-refractivity contribution >= 4 is 16.7 Å². The molecule has 0 spiro atoms. The van der Waals surface area contributed by atoms with Gasteiger partial charge in [-0.3, -0.25) is 14.3 Å². The Labute approximate surface area is 180 Å². The third kappa shape index (κ3) is 3.37. The first-order chi connectivity index (χ1) is 15.0. The number of aryl methyl sites for hydroxylation is 3. The summed E-state index contributed by atoms with van der Waals surface area (Å²) in [6, 6.07) is 13.0. The minimum atomic E-state index is 0.508. The van der Waals surface area contributed by atoms with Crippen LogP contribution in [0.2, 0.25) is 0 Å². The lowest BCUT2D eigenvalue weighted by Crippen LogP contribution is -2.28. The highest BCUT2D eigenvalue weighted by atomic mass is 15.3. The van der Waals surface area contributed by atoms with E-state index in [1.165, 1.54) is 5.69 Å². The number of rotatable bonds is 5. The summed E-state index contributed by atoms with van der Waals surface area (Å²) in [7, 11) is 3.94. The second-order valence-electron chi connectivity index (χ2n) is 8.97. The van der Waals surface area contributed by atoms with Crippen LogP contribution in [0.5, 0.6) is 0 Å². The minimum Gasteiger partial charge on any atom is -0.365 e. The summed E-state index contributed by atoms with van der Waals surface area (Å²) in [4.78, 5) is 2.51. The van der Waals surface area contributed by atoms with Gasteiger partial charge in [0, 0.05) is 62.6 Å². The SMILES string of the molecule is Cc1cc(CN2CC3C(C2)C3Nc2ccc(-c3ccc4nn(C)cc4c3)nn2)nn1C. The Balaban J connectivity index is 1.07. The van der Waals surface area contributed by atoms with E-state index in [9.17, 15) is 0 Å². The molecule has 1 aliphatic heterocycles. The molecule has 2 unspecified atom stereocenters. The molecule has 2 fully saturated rings. The van der Waals surface area contributed by atoms with Crippen LogP contribution in [0, 0.1) is 18.8 Å². The van der Waals surface area contributed by atoms with Crippen LogP contribution >= 0.6 is 0 Å². The van der Waals surface area contributed by atoms with Gasteiger partial charge in [-0.15, -0.1) is 10.2 Å². The van der Waals surface area contributed by atoms with Gasteiger partial charge in [-0.05, 0) is 49.1 Å². The highest BCUT2D eigenvalue weighted by molar-refractivity contribution is 5.83. The summed E-state index contributed by atoms with van der Waals surface area (Å²) in [6.07, 6.45) is 2.02. The molecule has 2 atom stereocenters. The maximum Gasteiger partial charge on any atom is 0.148 e. The zero-order valence-electron chi connectivity index (χ0n) is 18.0. The molecule has 0 bridgehead atoms. The van der Waals surface area contributed by atoms with E-state index in [1.54, 1.807) is 0 Å². The highest BCUT2D eigenvalue weighted by Crippen LogP contribution is 2.47. The summed E-state index contributed by atoms with van der Waals surface area (Å²) < 4.78 is 3.78. The van der Waals surface area contributed by atoms with E-state index in [4.69, 9.17) is 0 Å². The van der Waals surface area contributed by atoms with Crippen LogP contribution in [0.1, 0.15) is 11.4 Å². The maximum atomic E-state index is 4.59. The molecule has 6 rings (SSSR count). The van der Waals surface area contributed by atoms with Gasteiger partial charge in [-0.2, -0.15) is 10.2 Å². The van der Waals surface area contributed by atoms with Crippen molar-refractivity contribution in [2.75, 3.05) is 18.4 Å². The Kier molecular flexibility index (Phi) is 4.11. The molecular weight excluding hydrogens is 388 g/mol. The van der Waals surface area contributed by atoms with Crippen LogP contribution in [0.3, 0.4) is 0 Å². The molecule has 3 aromatic heterocycles. The Morgan fingerprint density at radius 2 is 1.84 bits per heavy atom. The molecule has 2 aliphatic rings. The van der Waals surface area contributed by atoms with E-state index >= 15 is 0 Å². The summed E-state index contributed by atoms with van der Waals surface area (Å²) in [6.45, 7) is 5.28. The Morgan fingerprint density at radius 3 is 2.55 bits per heavy atom. The number of aromatic nitrogens is 6. The lowest BCUT2D eigenvalue weighted by atomic mass is 10.1. The van der Waals surface area contributed by atoms with Gasteiger partial charge in [-0.1, -0.05) is 6.07 Å². The molecule has 1 saturated heterocycles. The zero-order valence-corrected chi connectivity index (χ0v) is 18.0. The van der Waals surface area contributed by atoms with E-state index in [-0.39, 0.29) is 0 Å². The Morgan fingerprint density at radius 1 is 1.00 bits per heavy atom. The zero-order chi connectivity index (χ0) is 21.1. The fraction of sp³-hybridized carbons (Fsp3) is 0.391. The third-order valence-electron chi connectivity index (χ3n) is 6.71. The first-order valence-electron chi connectivity index (χ1n) is 10.8. The number of nitrogens with one attached hydrogen (secondary N) is 1. The van der Waals surface area contributed by atoms with Crippen molar-refractivity contribution in [3.63, 3.8) is 0 Å². The van der Waals surface area contributed by atoms with Gasteiger partial charge in [0.2, 0.25) is 0 Å². The number of hydrogen-bond donors (Lipinski definition) is 1. The van der Waals surface area contributed by atoms with Crippen molar-refractivity contribution in [3.8, 4) is 11.3 Å². The topological polar surface area (TPSA) is 76.7 Å². The fourth-order valence-corrected chi connectivity index (χ4v) is 4.94. The molecule has 1 aliphatic carbocycles. The fourth-order valence-electron chi connectivity index (χ4n) is 4.94. The monoisotopic (exact) mass is 414 g/mol. The number of nitrogens with zero attached hydrogens (tertiary/aromatic N) is 7. The summed E-state index contributed by atoms with van der Waals surface area (Å²) in [5, 5.41) is 22.6. The molecule has 31 heavy (non-hydrogen) atoms. The number of fused-ring (bicyclic) bond motifs is 2. The summed E-state index contributed by atoms with van der Waals surface area (Å²) in [5.74, 6) is 2.25. The normalized spacial score (nSPS) is 22.7. The number of likely N-dealkylation sites (tertiary alicyclic amines) is 1. The molecule has 4 heterocycles. The van der Waals surface area contributed by atoms with Crippen molar-refractivity contribution in [2.24, 2.45) is 25.9 Å². The maximum absolute atomic E-state index is 4.59. The Bertz CT molecular complexity index is 1220. The molecule has 158 valence electrons. The number of benzene rings is 1. The summed E-state index contributed by atoms with van der Waals surface area (Å²) in [5.41, 5.74) is 5.30. The minimum absolute atomic E-state index is 0.508. The molecular formula is C23H26N8. The third-order valence-corrected chi connectivity index (χ3v) is 6.71. The molecule has 1 aromatic carbocycles. The van der Waals surface area contributed by atoms with E-state index < -0.39 is 0 Å². The van der Waals surface area contributed by atoms with Crippen molar-refractivity contribution in [1.29, 1.82) is 0 Å². The molecule has 4 aromatic rings. The van der Waals surface area contributed by atoms with Crippen molar-refractivity contribution < 1.29 is 0 Å². The average Bonchev–Trinajstić information content (AvgIpc) is 3.10. The van der Waals surface area contributed by atoms with Crippen molar-refractivity contribution in [2.45, 2.75) is 19.5 Å². The molecule has 8 nitrogen and oxygen atoms in total. The molecule has 1 N–H and O–H groups in total. The predicted molar refractivity (Wildman–Crippen MR) is 119 cm³/mol. The first kappa shape index (κ1) is 18.5. The van der Waals surface area contributed by atoms with Gasteiger partial charge in [-0.25, -0.2) is 0 Å². The smallest absolute Gasteiger partial charge is 0.148 e. The van der Waals surface area contributed by atoms with E-state index in [2.05, 4.69) is 55.7 Å². The number of piperidine rings is 1. The van der Waals surface area contributed by atoms with Gasteiger partial charge in [0.25, 0.3) is 0 Å². The van der Waals surface area contributed by atoms with Gasteiger partial charge in [0.1, 0.15) is 5.82 Å². The van der Waals surface area contributed by atoms with Crippen molar-refractivity contribution in [1.82, 2.24) is 34.7 Å². The van der Waals surface area contributed by atoms with Crippen LogP contribution in [0.15, 0.2) is 42.6 Å². The molecule has 0 radical (unpaired) electrons. The van der Waals surface area contributed by atoms with Gasteiger partial charge < -0.3 is 5.32 Å².